The fourth-order valence-corrected chi connectivity index (χ4v) is 4.30. The second-order valence-corrected chi connectivity index (χ2v) is 7.97. The molecule has 7 heteroatoms. The zero-order valence-electron chi connectivity index (χ0n) is 17.3. The maximum absolute atomic E-state index is 11.5. The summed E-state index contributed by atoms with van der Waals surface area (Å²) in [6.07, 6.45) is 4.18. The minimum absolute atomic E-state index is 0.185. The van der Waals surface area contributed by atoms with Crippen LogP contribution in [0.4, 0.5) is 11.6 Å². The fourth-order valence-electron chi connectivity index (χ4n) is 4.30. The van der Waals surface area contributed by atoms with Gasteiger partial charge in [0.1, 0.15) is 11.3 Å². The molecule has 0 unspecified atom stereocenters. The lowest BCUT2D eigenvalue weighted by atomic mass is 9.93. The van der Waals surface area contributed by atoms with Crippen LogP contribution in [0.25, 0.3) is 21.8 Å². The monoisotopic (exact) mass is 394 g/mol. The number of para-hydroxylation sites is 1. The van der Waals surface area contributed by atoms with Crippen LogP contribution >= 0.6 is 0 Å². The largest absolute Gasteiger partial charge is 0.383 e. The predicted molar refractivity (Wildman–Crippen MR) is 118 cm³/mol. The third-order valence-electron chi connectivity index (χ3n) is 5.96. The molecular formula is C22H30N6O. The first-order chi connectivity index (χ1) is 14.1. The Bertz CT molecular complexity index is 1020. The van der Waals surface area contributed by atoms with Crippen LogP contribution in [-0.2, 0) is 11.3 Å². The molecule has 3 aromatic rings. The number of hydrogen-bond donors (Lipinski definition) is 2. The number of carbonyl (C=O) groups excluding carboxylic acids is 1. The van der Waals surface area contributed by atoms with E-state index in [0.29, 0.717) is 11.7 Å². The number of rotatable bonds is 6. The quantitative estimate of drug-likeness (QED) is 0.666. The first-order valence-electron chi connectivity index (χ1n) is 10.6. The highest BCUT2D eigenvalue weighted by Gasteiger charge is 2.21. The number of nitrogen functional groups attached to an aromatic ring is 1. The zero-order valence-corrected chi connectivity index (χ0v) is 17.3. The number of pyridine rings is 1. The van der Waals surface area contributed by atoms with Gasteiger partial charge in [0.15, 0.2) is 5.82 Å². The van der Waals surface area contributed by atoms with Gasteiger partial charge in [-0.05, 0) is 37.7 Å². The van der Waals surface area contributed by atoms with Crippen molar-refractivity contribution < 1.29 is 4.79 Å². The summed E-state index contributed by atoms with van der Waals surface area (Å²) in [5, 5.41) is 10.3. The number of aromatic nitrogens is 3. The minimum atomic E-state index is 0.185. The van der Waals surface area contributed by atoms with E-state index >= 15 is 0 Å². The molecule has 0 bridgehead atoms. The topological polar surface area (TPSA) is 89.1 Å². The highest BCUT2D eigenvalue weighted by molar-refractivity contribution is 6.13. The standard InChI is InChI=1S/C22H30N6O/c1-3-12-28-21(23)19-17-6-4-5-7-18(17)25-22(20(19)26-28)24-11-8-16-9-13-27(14-10-16)15(2)29/h4-7,16H,3,8-14,23H2,1-2H3,(H,24,25). The summed E-state index contributed by atoms with van der Waals surface area (Å²) in [5.41, 5.74) is 8.23. The maximum atomic E-state index is 11.5. The number of anilines is 2. The van der Waals surface area contributed by atoms with Gasteiger partial charge in [0.05, 0.1) is 10.9 Å². The highest BCUT2D eigenvalue weighted by Crippen LogP contribution is 2.33. The molecule has 1 aliphatic heterocycles. The molecule has 0 radical (unpaired) electrons. The van der Waals surface area contributed by atoms with Gasteiger partial charge in [0, 0.05) is 38.5 Å². The molecule has 1 amide bonds. The number of hydrogen-bond acceptors (Lipinski definition) is 5. The molecule has 1 fully saturated rings. The lowest BCUT2D eigenvalue weighted by molar-refractivity contribution is -0.130. The van der Waals surface area contributed by atoms with Crippen molar-refractivity contribution in [1.82, 2.24) is 19.7 Å². The van der Waals surface area contributed by atoms with Crippen molar-refractivity contribution >= 4 is 39.3 Å². The van der Waals surface area contributed by atoms with E-state index in [4.69, 9.17) is 15.8 Å². The number of fused-ring (bicyclic) bond motifs is 3. The number of nitrogens with one attached hydrogen (secondary N) is 1. The molecule has 1 aromatic carbocycles. The van der Waals surface area contributed by atoms with Crippen LogP contribution in [-0.4, -0.2) is 45.2 Å². The molecule has 0 atom stereocenters. The number of nitrogens with two attached hydrogens (primary N) is 1. The normalized spacial score (nSPS) is 15.3. The molecule has 7 nitrogen and oxygen atoms in total. The SMILES string of the molecule is CCCn1nc2c(NCCC3CCN(C(C)=O)CC3)nc3ccccc3c2c1N. The summed E-state index contributed by atoms with van der Waals surface area (Å²) in [5.74, 6) is 2.34. The lowest BCUT2D eigenvalue weighted by Gasteiger charge is -2.31. The molecular weight excluding hydrogens is 364 g/mol. The Hall–Kier alpha value is -2.83. The van der Waals surface area contributed by atoms with Crippen molar-refractivity contribution in [3.63, 3.8) is 0 Å². The van der Waals surface area contributed by atoms with Gasteiger partial charge in [-0.25, -0.2) is 9.67 Å². The summed E-state index contributed by atoms with van der Waals surface area (Å²) in [6.45, 7) is 7.15. The Labute approximate surface area is 171 Å². The van der Waals surface area contributed by atoms with Gasteiger partial charge in [0.2, 0.25) is 5.91 Å². The van der Waals surface area contributed by atoms with E-state index in [2.05, 4.69) is 18.3 Å². The van der Waals surface area contributed by atoms with Gasteiger partial charge in [-0.2, -0.15) is 5.10 Å². The average molecular weight is 395 g/mol. The summed E-state index contributed by atoms with van der Waals surface area (Å²) in [6, 6.07) is 8.10. The molecule has 0 aliphatic carbocycles. The van der Waals surface area contributed by atoms with E-state index in [1.807, 2.05) is 27.8 Å². The van der Waals surface area contributed by atoms with Crippen molar-refractivity contribution in [2.45, 2.75) is 46.1 Å². The number of aryl methyl sites for hydroxylation is 1. The van der Waals surface area contributed by atoms with Gasteiger partial charge >= 0.3 is 0 Å². The zero-order chi connectivity index (χ0) is 20.4. The van der Waals surface area contributed by atoms with E-state index in [1.165, 1.54) is 0 Å². The average Bonchev–Trinajstić information content (AvgIpc) is 3.05. The summed E-state index contributed by atoms with van der Waals surface area (Å²) in [4.78, 5) is 18.3. The van der Waals surface area contributed by atoms with Crippen LogP contribution in [0.3, 0.4) is 0 Å². The van der Waals surface area contributed by atoms with Crippen molar-refractivity contribution in [3.05, 3.63) is 24.3 Å². The van der Waals surface area contributed by atoms with Crippen molar-refractivity contribution in [2.75, 3.05) is 30.7 Å². The van der Waals surface area contributed by atoms with Crippen LogP contribution in [0.1, 0.15) is 39.5 Å². The number of piperidine rings is 1. The number of amides is 1. The van der Waals surface area contributed by atoms with Crippen molar-refractivity contribution in [2.24, 2.45) is 5.92 Å². The Balaban J connectivity index is 1.54. The second-order valence-electron chi connectivity index (χ2n) is 7.97. The van der Waals surface area contributed by atoms with Crippen molar-refractivity contribution in [3.8, 4) is 0 Å². The van der Waals surface area contributed by atoms with E-state index in [0.717, 1.165) is 79.5 Å². The Kier molecular flexibility index (Phi) is 5.56. The van der Waals surface area contributed by atoms with E-state index in [-0.39, 0.29) is 5.91 Å². The van der Waals surface area contributed by atoms with Crippen molar-refractivity contribution in [1.29, 1.82) is 0 Å². The smallest absolute Gasteiger partial charge is 0.219 e. The van der Waals surface area contributed by atoms with Gasteiger partial charge in [-0.15, -0.1) is 0 Å². The summed E-state index contributed by atoms with van der Waals surface area (Å²) in [7, 11) is 0. The van der Waals surface area contributed by atoms with Gasteiger partial charge in [-0.3, -0.25) is 4.79 Å². The molecule has 154 valence electrons. The predicted octanol–water partition coefficient (Wildman–Crippen LogP) is 3.64. The lowest BCUT2D eigenvalue weighted by Crippen LogP contribution is -2.37. The molecule has 4 rings (SSSR count). The van der Waals surface area contributed by atoms with E-state index in [1.54, 1.807) is 6.92 Å². The highest BCUT2D eigenvalue weighted by atomic mass is 16.2. The third-order valence-corrected chi connectivity index (χ3v) is 5.96. The molecule has 29 heavy (non-hydrogen) atoms. The van der Waals surface area contributed by atoms with E-state index in [9.17, 15) is 4.79 Å². The van der Waals surface area contributed by atoms with Gasteiger partial charge in [0.25, 0.3) is 0 Å². The molecule has 3 N–H and O–H groups in total. The molecule has 0 saturated carbocycles. The number of carbonyl (C=O) groups is 1. The number of benzene rings is 1. The first-order valence-corrected chi connectivity index (χ1v) is 10.6. The van der Waals surface area contributed by atoms with Gasteiger partial charge < -0.3 is 16.0 Å². The molecule has 0 spiro atoms. The Morgan fingerprint density at radius 1 is 1.28 bits per heavy atom. The minimum Gasteiger partial charge on any atom is -0.383 e. The molecule has 1 saturated heterocycles. The van der Waals surface area contributed by atoms with Crippen LogP contribution in [0, 0.1) is 5.92 Å². The van der Waals surface area contributed by atoms with Crippen LogP contribution in [0.5, 0.6) is 0 Å². The summed E-state index contributed by atoms with van der Waals surface area (Å²) < 4.78 is 1.89. The second kappa shape index (κ2) is 8.27. The summed E-state index contributed by atoms with van der Waals surface area (Å²) >= 11 is 0. The fraction of sp³-hybridized carbons (Fsp3) is 0.500. The van der Waals surface area contributed by atoms with Crippen LogP contribution < -0.4 is 11.1 Å². The number of nitrogens with zero attached hydrogens (tertiary/aromatic N) is 4. The number of likely N-dealkylation sites (tertiary alicyclic amines) is 1. The van der Waals surface area contributed by atoms with Gasteiger partial charge in [-0.1, -0.05) is 25.1 Å². The Morgan fingerprint density at radius 2 is 2.03 bits per heavy atom. The molecule has 3 heterocycles. The van der Waals surface area contributed by atoms with E-state index < -0.39 is 0 Å². The first kappa shape index (κ1) is 19.5. The molecule has 1 aliphatic rings. The third kappa shape index (κ3) is 3.86. The molecule has 2 aromatic heterocycles. The Morgan fingerprint density at radius 3 is 2.76 bits per heavy atom. The van der Waals surface area contributed by atoms with Crippen LogP contribution in [0.15, 0.2) is 24.3 Å². The maximum Gasteiger partial charge on any atom is 0.219 e. The van der Waals surface area contributed by atoms with Crippen LogP contribution in [0.2, 0.25) is 0 Å².